The van der Waals surface area contributed by atoms with Crippen molar-refractivity contribution in [2.24, 2.45) is 5.84 Å². The zero-order valence-corrected chi connectivity index (χ0v) is 12.6. The van der Waals surface area contributed by atoms with E-state index in [2.05, 4.69) is 35.1 Å². The van der Waals surface area contributed by atoms with Crippen LogP contribution in [0.3, 0.4) is 0 Å². The number of benzene rings is 1. The van der Waals surface area contributed by atoms with Crippen molar-refractivity contribution in [2.75, 3.05) is 6.61 Å². The molecule has 0 aliphatic carbocycles. The van der Waals surface area contributed by atoms with Gasteiger partial charge in [-0.2, -0.15) is 0 Å². The number of aryl methyl sites for hydroxylation is 1. The molecule has 114 valence electrons. The van der Waals surface area contributed by atoms with Crippen LogP contribution in [0.15, 0.2) is 24.3 Å². The Hall–Kier alpha value is -1.43. The summed E-state index contributed by atoms with van der Waals surface area (Å²) < 4.78 is 8.14. The molecule has 2 unspecified atom stereocenters. The lowest BCUT2D eigenvalue weighted by Gasteiger charge is -2.29. The van der Waals surface area contributed by atoms with E-state index in [1.165, 1.54) is 11.9 Å². The molecule has 1 saturated heterocycles. The van der Waals surface area contributed by atoms with Gasteiger partial charge in [0, 0.05) is 19.6 Å². The first-order valence-electron chi connectivity index (χ1n) is 7.85. The Labute approximate surface area is 125 Å². The number of hydrogen-bond donors (Lipinski definition) is 2. The van der Waals surface area contributed by atoms with Crippen molar-refractivity contribution >= 4 is 11.0 Å². The van der Waals surface area contributed by atoms with Gasteiger partial charge in [0.05, 0.1) is 23.2 Å². The van der Waals surface area contributed by atoms with Gasteiger partial charge in [-0.15, -0.1) is 0 Å². The highest BCUT2D eigenvalue weighted by Gasteiger charge is 2.25. The summed E-state index contributed by atoms with van der Waals surface area (Å²) in [6, 6.07) is 8.39. The van der Waals surface area contributed by atoms with Gasteiger partial charge in [0.15, 0.2) is 0 Å². The molecule has 1 fully saturated rings. The van der Waals surface area contributed by atoms with Crippen LogP contribution >= 0.6 is 0 Å². The Morgan fingerprint density at radius 3 is 3.00 bits per heavy atom. The highest BCUT2D eigenvalue weighted by Crippen LogP contribution is 2.21. The van der Waals surface area contributed by atoms with Gasteiger partial charge in [-0.25, -0.2) is 4.98 Å². The van der Waals surface area contributed by atoms with E-state index in [1.54, 1.807) is 0 Å². The van der Waals surface area contributed by atoms with Crippen LogP contribution in [0, 0.1) is 0 Å². The molecule has 21 heavy (non-hydrogen) atoms. The van der Waals surface area contributed by atoms with Crippen LogP contribution in [0.25, 0.3) is 11.0 Å². The molecule has 0 amide bonds. The number of nitrogens with zero attached hydrogens (tertiary/aromatic N) is 2. The van der Waals surface area contributed by atoms with Crippen molar-refractivity contribution in [1.82, 2.24) is 15.0 Å². The van der Waals surface area contributed by atoms with E-state index >= 15 is 0 Å². The summed E-state index contributed by atoms with van der Waals surface area (Å²) in [5.74, 6) is 6.85. The normalized spacial score (nSPS) is 20.8. The number of nitrogens with one attached hydrogen (secondary N) is 1. The van der Waals surface area contributed by atoms with Crippen LogP contribution < -0.4 is 11.3 Å². The molecular weight excluding hydrogens is 264 g/mol. The zero-order valence-electron chi connectivity index (χ0n) is 12.6. The average Bonchev–Trinajstić information content (AvgIpc) is 2.90. The molecule has 1 aromatic heterocycles. The number of hydrogen-bond acceptors (Lipinski definition) is 4. The quantitative estimate of drug-likeness (QED) is 0.652. The maximum atomic E-state index is 5.87. The number of nitrogens with two attached hydrogens (primary N) is 1. The molecule has 5 heteroatoms. The summed E-state index contributed by atoms with van der Waals surface area (Å²) in [5.41, 5.74) is 5.18. The number of imidazole rings is 1. The number of rotatable bonds is 5. The lowest BCUT2D eigenvalue weighted by Crippen LogP contribution is -2.48. The monoisotopic (exact) mass is 288 g/mol. The summed E-state index contributed by atoms with van der Waals surface area (Å²) in [5, 5.41) is 0. The van der Waals surface area contributed by atoms with Crippen LogP contribution in [0.1, 0.15) is 32.0 Å². The van der Waals surface area contributed by atoms with Gasteiger partial charge in [-0.3, -0.25) is 11.3 Å². The number of aromatic nitrogens is 2. The third-order valence-corrected chi connectivity index (χ3v) is 4.33. The van der Waals surface area contributed by atoms with Gasteiger partial charge in [0.1, 0.15) is 5.82 Å². The Kier molecular flexibility index (Phi) is 4.53. The Morgan fingerprint density at radius 2 is 2.29 bits per heavy atom. The molecule has 3 N–H and O–H groups in total. The second-order valence-electron chi connectivity index (χ2n) is 5.64. The lowest BCUT2D eigenvalue weighted by atomic mass is 10.00. The zero-order chi connectivity index (χ0) is 14.7. The van der Waals surface area contributed by atoms with Crippen molar-refractivity contribution < 1.29 is 4.74 Å². The minimum Gasteiger partial charge on any atom is -0.377 e. The van der Waals surface area contributed by atoms with Crippen molar-refractivity contribution in [1.29, 1.82) is 0 Å². The molecule has 5 nitrogen and oxygen atoms in total. The predicted molar refractivity (Wildman–Crippen MR) is 83.8 cm³/mol. The van der Waals surface area contributed by atoms with E-state index in [4.69, 9.17) is 15.6 Å². The minimum absolute atomic E-state index is 0.118. The van der Waals surface area contributed by atoms with Gasteiger partial charge < -0.3 is 9.30 Å². The van der Waals surface area contributed by atoms with E-state index in [-0.39, 0.29) is 12.1 Å². The second-order valence-corrected chi connectivity index (χ2v) is 5.64. The molecule has 3 rings (SSSR count). The first-order valence-corrected chi connectivity index (χ1v) is 7.85. The molecule has 0 bridgehead atoms. The highest BCUT2D eigenvalue weighted by molar-refractivity contribution is 5.75. The third kappa shape index (κ3) is 2.95. The molecule has 1 aliphatic rings. The Bertz CT molecular complexity index is 589. The molecule has 2 atom stereocenters. The first-order chi connectivity index (χ1) is 10.3. The summed E-state index contributed by atoms with van der Waals surface area (Å²) in [7, 11) is 0. The lowest BCUT2D eigenvalue weighted by molar-refractivity contribution is -0.00795. The molecular formula is C16H24N4O. The maximum Gasteiger partial charge on any atom is 0.111 e. The Morgan fingerprint density at radius 1 is 1.43 bits per heavy atom. The fourth-order valence-electron chi connectivity index (χ4n) is 3.21. The van der Waals surface area contributed by atoms with Crippen molar-refractivity contribution in [3.63, 3.8) is 0 Å². The second kappa shape index (κ2) is 6.56. The number of ether oxygens (including phenoxy) is 1. The molecule has 1 aliphatic heterocycles. The molecule has 0 spiro atoms. The predicted octanol–water partition coefficient (Wildman–Crippen LogP) is 2.00. The Balaban J connectivity index is 1.85. The SMILES string of the molecule is CCn1c(CC(NN)C2CCCCO2)nc2ccccc21. The van der Waals surface area contributed by atoms with Crippen LogP contribution in [-0.4, -0.2) is 28.3 Å². The standard InChI is InChI=1S/C16H24N4O/c1-2-20-14-8-4-3-7-12(14)18-16(20)11-13(19-17)15-9-5-6-10-21-15/h3-4,7-8,13,15,19H,2,5-6,9-11,17H2,1H3. The van der Waals surface area contributed by atoms with Gasteiger partial charge in [0.25, 0.3) is 0 Å². The van der Waals surface area contributed by atoms with Gasteiger partial charge >= 0.3 is 0 Å². The first kappa shape index (κ1) is 14.5. The summed E-state index contributed by atoms with van der Waals surface area (Å²) >= 11 is 0. The van der Waals surface area contributed by atoms with E-state index < -0.39 is 0 Å². The fraction of sp³-hybridized carbons (Fsp3) is 0.562. The highest BCUT2D eigenvalue weighted by atomic mass is 16.5. The number of fused-ring (bicyclic) bond motifs is 1. The van der Waals surface area contributed by atoms with Crippen molar-refractivity contribution in [3.8, 4) is 0 Å². The molecule has 0 saturated carbocycles. The topological polar surface area (TPSA) is 65.1 Å². The van der Waals surface area contributed by atoms with Crippen molar-refractivity contribution in [3.05, 3.63) is 30.1 Å². The minimum atomic E-state index is 0.118. The molecule has 2 aromatic rings. The van der Waals surface area contributed by atoms with Crippen LogP contribution in [0.4, 0.5) is 0 Å². The smallest absolute Gasteiger partial charge is 0.111 e. The maximum absolute atomic E-state index is 5.87. The average molecular weight is 288 g/mol. The van der Waals surface area contributed by atoms with Crippen molar-refractivity contribution in [2.45, 2.75) is 51.3 Å². The van der Waals surface area contributed by atoms with Crippen LogP contribution in [0.5, 0.6) is 0 Å². The number of para-hydroxylation sites is 2. The molecule has 2 heterocycles. The number of hydrazine groups is 1. The van der Waals surface area contributed by atoms with E-state index in [9.17, 15) is 0 Å². The summed E-state index contributed by atoms with van der Waals surface area (Å²) in [4.78, 5) is 4.78. The van der Waals surface area contributed by atoms with Gasteiger partial charge in [-0.1, -0.05) is 12.1 Å². The van der Waals surface area contributed by atoms with E-state index in [0.29, 0.717) is 0 Å². The molecule has 0 radical (unpaired) electrons. The summed E-state index contributed by atoms with van der Waals surface area (Å²) in [6.07, 6.45) is 4.42. The van der Waals surface area contributed by atoms with Crippen LogP contribution in [-0.2, 0) is 17.7 Å². The van der Waals surface area contributed by atoms with E-state index in [1.807, 2.05) is 6.07 Å². The van der Waals surface area contributed by atoms with E-state index in [0.717, 1.165) is 43.8 Å². The molecule has 1 aromatic carbocycles. The van der Waals surface area contributed by atoms with Gasteiger partial charge in [0.2, 0.25) is 0 Å². The largest absolute Gasteiger partial charge is 0.377 e. The fourth-order valence-corrected chi connectivity index (χ4v) is 3.21. The summed E-state index contributed by atoms with van der Waals surface area (Å²) in [6.45, 7) is 3.91. The van der Waals surface area contributed by atoms with Gasteiger partial charge in [-0.05, 0) is 38.3 Å². The third-order valence-electron chi connectivity index (χ3n) is 4.33. The van der Waals surface area contributed by atoms with Crippen LogP contribution in [0.2, 0.25) is 0 Å².